The molecule has 106 valence electrons. The van der Waals surface area contributed by atoms with Crippen molar-refractivity contribution in [2.24, 2.45) is 0 Å². The van der Waals surface area contributed by atoms with Gasteiger partial charge in [0.15, 0.2) is 11.6 Å². The van der Waals surface area contributed by atoms with Crippen molar-refractivity contribution in [1.29, 1.82) is 0 Å². The van der Waals surface area contributed by atoms with Crippen molar-refractivity contribution < 1.29 is 22.3 Å². The highest BCUT2D eigenvalue weighted by Crippen LogP contribution is 2.34. The molecule has 1 nitrogen and oxygen atoms in total. The number of rotatable bonds is 3. The lowest BCUT2D eigenvalue weighted by molar-refractivity contribution is -0.187. The Balaban J connectivity index is 2.32. The zero-order valence-corrected chi connectivity index (χ0v) is 11.2. The van der Waals surface area contributed by atoms with Gasteiger partial charge in [0.2, 0.25) is 0 Å². The summed E-state index contributed by atoms with van der Waals surface area (Å²) in [5.41, 5.74) is -0.454. The average Bonchev–Trinajstić information content (AvgIpc) is 2.36. The molecule has 0 aromatic heterocycles. The van der Waals surface area contributed by atoms with E-state index >= 15 is 0 Å². The van der Waals surface area contributed by atoms with Gasteiger partial charge in [0.1, 0.15) is 5.82 Å². The fraction of sp³-hybridized carbons (Fsp3) is 0.143. The number of hydrogen-bond acceptors (Lipinski definition) is 2. The SMILES string of the molecule is Cc1ccc(C(F)(F)Oc2ccc(S)cc2F)cc1F. The van der Waals surface area contributed by atoms with Crippen molar-refractivity contribution >= 4 is 12.6 Å². The maximum absolute atomic E-state index is 13.9. The quantitative estimate of drug-likeness (QED) is 0.639. The van der Waals surface area contributed by atoms with E-state index in [0.717, 1.165) is 18.2 Å². The highest BCUT2D eigenvalue weighted by molar-refractivity contribution is 7.80. The molecule has 0 spiro atoms. The van der Waals surface area contributed by atoms with Crippen LogP contribution < -0.4 is 4.74 Å². The summed E-state index contributed by atoms with van der Waals surface area (Å²) in [5.74, 6) is -2.38. The van der Waals surface area contributed by atoms with Gasteiger partial charge in [0.25, 0.3) is 0 Å². The van der Waals surface area contributed by atoms with Gasteiger partial charge in [0, 0.05) is 4.90 Å². The zero-order valence-electron chi connectivity index (χ0n) is 10.3. The maximum Gasteiger partial charge on any atom is 0.426 e. The van der Waals surface area contributed by atoms with E-state index in [2.05, 4.69) is 17.4 Å². The number of ether oxygens (including phenoxy) is 1. The van der Waals surface area contributed by atoms with E-state index in [4.69, 9.17) is 0 Å². The van der Waals surface area contributed by atoms with E-state index in [1.54, 1.807) is 0 Å². The van der Waals surface area contributed by atoms with E-state index in [1.165, 1.54) is 19.1 Å². The molecule has 0 unspecified atom stereocenters. The summed E-state index contributed by atoms with van der Waals surface area (Å²) < 4.78 is 58.8. The van der Waals surface area contributed by atoms with Crippen LogP contribution in [0, 0.1) is 18.6 Å². The van der Waals surface area contributed by atoms with Crippen LogP contribution in [-0.4, -0.2) is 0 Å². The van der Waals surface area contributed by atoms with Gasteiger partial charge in [-0.3, -0.25) is 0 Å². The molecule has 0 saturated carbocycles. The predicted molar refractivity (Wildman–Crippen MR) is 69.3 cm³/mol. The fourth-order valence-electron chi connectivity index (χ4n) is 1.54. The van der Waals surface area contributed by atoms with Crippen LogP contribution in [0.2, 0.25) is 0 Å². The van der Waals surface area contributed by atoms with E-state index in [0.29, 0.717) is 6.07 Å². The summed E-state index contributed by atoms with van der Waals surface area (Å²) in [6, 6.07) is 6.20. The number of aryl methyl sites for hydroxylation is 1. The second kappa shape index (κ2) is 5.36. The highest BCUT2D eigenvalue weighted by atomic mass is 32.1. The Labute approximate surface area is 118 Å². The van der Waals surface area contributed by atoms with Gasteiger partial charge in [0.05, 0.1) is 5.56 Å². The first kappa shape index (κ1) is 14.7. The van der Waals surface area contributed by atoms with Crippen LogP contribution in [0.3, 0.4) is 0 Å². The number of benzene rings is 2. The maximum atomic E-state index is 13.9. The van der Waals surface area contributed by atoms with E-state index in [1.807, 2.05) is 0 Å². The van der Waals surface area contributed by atoms with Crippen LogP contribution in [0.1, 0.15) is 11.1 Å². The molecule has 0 heterocycles. The topological polar surface area (TPSA) is 9.23 Å². The standard InChI is InChI=1S/C14H10F4OS/c1-8-2-3-9(6-11(8)15)14(17,18)19-13-5-4-10(20)7-12(13)16/h2-7,20H,1H3. The predicted octanol–water partition coefficient (Wildman–Crippen LogP) is 4.69. The fourth-order valence-corrected chi connectivity index (χ4v) is 1.73. The molecular formula is C14H10F4OS. The van der Waals surface area contributed by atoms with Crippen LogP contribution in [0.4, 0.5) is 17.6 Å². The summed E-state index contributed by atoms with van der Waals surface area (Å²) >= 11 is 3.87. The molecule has 20 heavy (non-hydrogen) atoms. The third-order valence-corrected chi connectivity index (χ3v) is 2.94. The lowest BCUT2D eigenvalue weighted by atomic mass is 10.1. The number of alkyl halides is 2. The van der Waals surface area contributed by atoms with Crippen LogP contribution in [0.25, 0.3) is 0 Å². The molecule has 6 heteroatoms. The van der Waals surface area contributed by atoms with Crippen molar-refractivity contribution in [3.63, 3.8) is 0 Å². The van der Waals surface area contributed by atoms with E-state index in [9.17, 15) is 17.6 Å². The number of halogens is 4. The first-order valence-corrected chi connectivity index (χ1v) is 6.06. The van der Waals surface area contributed by atoms with Gasteiger partial charge in [-0.15, -0.1) is 12.6 Å². The van der Waals surface area contributed by atoms with Gasteiger partial charge in [-0.05, 0) is 42.8 Å². The third-order valence-electron chi connectivity index (χ3n) is 2.66. The van der Waals surface area contributed by atoms with Crippen LogP contribution in [0.5, 0.6) is 5.75 Å². The van der Waals surface area contributed by atoms with Crippen LogP contribution in [-0.2, 0) is 6.11 Å². The van der Waals surface area contributed by atoms with Gasteiger partial charge in [-0.25, -0.2) is 8.78 Å². The monoisotopic (exact) mass is 302 g/mol. The third kappa shape index (κ3) is 3.07. The minimum absolute atomic E-state index is 0.232. The summed E-state index contributed by atoms with van der Waals surface area (Å²) in [6.45, 7) is 1.45. The highest BCUT2D eigenvalue weighted by Gasteiger charge is 2.36. The zero-order chi connectivity index (χ0) is 14.9. The van der Waals surface area contributed by atoms with Gasteiger partial charge in [-0.1, -0.05) is 6.07 Å². The minimum Gasteiger partial charge on any atom is -0.426 e. The Kier molecular flexibility index (Phi) is 3.94. The lowest BCUT2D eigenvalue weighted by Gasteiger charge is -2.19. The molecule has 0 N–H and O–H groups in total. The lowest BCUT2D eigenvalue weighted by Crippen LogP contribution is -2.22. The first-order chi connectivity index (χ1) is 9.29. The molecule has 2 aromatic rings. The molecule has 0 saturated heterocycles. The van der Waals surface area contributed by atoms with Gasteiger partial charge in [-0.2, -0.15) is 8.78 Å². The molecule has 0 bridgehead atoms. The van der Waals surface area contributed by atoms with Crippen molar-refractivity contribution in [1.82, 2.24) is 0 Å². The summed E-state index contributed by atoms with van der Waals surface area (Å²) in [6.07, 6.45) is -3.84. The first-order valence-electron chi connectivity index (χ1n) is 5.61. The van der Waals surface area contributed by atoms with E-state index < -0.39 is 29.1 Å². The largest absolute Gasteiger partial charge is 0.426 e. The summed E-state index contributed by atoms with van der Waals surface area (Å²) in [4.78, 5) is 0.277. The Morgan fingerprint density at radius 2 is 1.70 bits per heavy atom. The summed E-state index contributed by atoms with van der Waals surface area (Å²) in [5, 5.41) is 0. The number of hydrogen-bond donors (Lipinski definition) is 1. The molecule has 2 aromatic carbocycles. The Hall–Kier alpha value is -1.69. The van der Waals surface area contributed by atoms with Crippen molar-refractivity contribution in [2.75, 3.05) is 0 Å². The van der Waals surface area contributed by atoms with Crippen LogP contribution in [0.15, 0.2) is 41.3 Å². The molecule has 0 atom stereocenters. The molecule has 0 radical (unpaired) electrons. The normalized spacial score (nSPS) is 11.5. The van der Waals surface area contributed by atoms with Gasteiger partial charge < -0.3 is 4.74 Å². The molecule has 0 aliphatic rings. The number of thiol groups is 1. The molecular weight excluding hydrogens is 292 g/mol. The van der Waals surface area contributed by atoms with Crippen LogP contribution >= 0.6 is 12.6 Å². The summed E-state index contributed by atoms with van der Waals surface area (Å²) in [7, 11) is 0. The van der Waals surface area contributed by atoms with Gasteiger partial charge >= 0.3 is 6.11 Å². The van der Waals surface area contributed by atoms with E-state index in [-0.39, 0.29) is 10.5 Å². The molecule has 0 aliphatic heterocycles. The molecule has 2 rings (SSSR count). The molecule has 0 fully saturated rings. The van der Waals surface area contributed by atoms with Crippen molar-refractivity contribution in [3.05, 3.63) is 59.2 Å². The Bertz CT molecular complexity index is 643. The minimum atomic E-state index is -3.84. The average molecular weight is 302 g/mol. The smallest absolute Gasteiger partial charge is 0.426 e. The second-order valence-corrected chi connectivity index (χ2v) is 4.71. The Morgan fingerprint density at radius 1 is 1.00 bits per heavy atom. The molecule has 0 aliphatic carbocycles. The molecule has 0 amide bonds. The second-order valence-electron chi connectivity index (χ2n) is 4.20. The van der Waals surface area contributed by atoms with Crippen molar-refractivity contribution in [2.45, 2.75) is 17.9 Å². The Morgan fingerprint density at radius 3 is 2.30 bits per heavy atom. The van der Waals surface area contributed by atoms with Crippen molar-refractivity contribution in [3.8, 4) is 5.75 Å².